The minimum Gasteiger partial charge on any atom is -0.369 e. The molecule has 3 aromatic rings. The molecular weight excluding hydrogens is 300 g/mol. The predicted molar refractivity (Wildman–Crippen MR) is 73.1 cm³/mol. The molecule has 0 bridgehead atoms. The van der Waals surface area contributed by atoms with Crippen molar-refractivity contribution in [1.82, 2.24) is 14.5 Å². The van der Waals surface area contributed by atoms with E-state index >= 15 is 0 Å². The van der Waals surface area contributed by atoms with Crippen LogP contribution in [0.1, 0.15) is 4.88 Å². The lowest BCUT2D eigenvalue weighted by Gasteiger charge is -2.02. The normalized spacial score (nSPS) is 11.1. The first-order chi connectivity index (χ1) is 8.24. The van der Waals surface area contributed by atoms with Crippen LogP contribution < -0.4 is 5.73 Å². The van der Waals surface area contributed by atoms with Crippen molar-refractivity contribution in [3.05, 3.63) is 39.1 Å². The van der Waals surface area contributed by atoms with Crippen LogP contribution in [0.25, 0.3) is 11.2 Å². The molecule has 0 aromatic carbocycles. The van der Waals surface area contributed by atoms with Gasteiger partial charge in [0.05, 0.1) is 6.54 Å². The topological polar surface area (TPSA) is 56.7 Å². The standard InChI is InChI=1S/C11H9BrN4S/c12-7-4-8(17-6-7)5-16-10-9(15-11(16)13)2-1-3-14-10/h1-4,6H,5H2,(H2,13,15). The smallest absolute Gasteiger partial charge is 0.202 e. The van der Waals surface area contributed by atoms with E-state index in [4.69, 9.17) is 5.73 Å². The van der Waals surface area contributed by atoms with Gasteiger partial charge in [-0.05, 0) is 34.1 Å². The number of hydrogen-bond acceptors (Lipinski definition) is 4. The summed E-state index contributed by atoms with van der Waals surface area (Å²) in [6, 6.07) is 5.86. The summed E-state index contributed by atoms with van der Waals surface area (Å²) in [7, 11) is 0. The minimum atomic E-state index is 0.503. The lowest BCUT2D eigenvalue weighted by atomic mass is 10.4. The third kappa shape index (κ3) is 1.94. The van der Waals surface area contributed by atoms with E-state index in [1.165, 1.54) is 4.88 Å². The monoisotopic (exact) mass is 308 g/mol. The van der Waals surface area contributed by atoms with E-state index in [0.717, 1.165) is 15.6 Å². The summed E-state index contributed by atoms with van der Waals surface area (Å²) in [5.41, 5.74) is 7.57. The van der Waals surface area contributed by atoms with Gasteiger partial charge in [-0.2, -0.15) is 0 Å². The van der Waals surface area contributed by atoms with Crippen LogP contribution in [0.4, 0.5) is 5.95 Å². The number of nitrogen functional groups attached to an aromatic ring is 1. The molecule has 0 fully saturated rings. The van der Waals surface area contributed by atoms with Gasteiger partial charge in [0.25, 0.3) is 0 Å². The Hall–Kier alpha value is -1.40. The number of halogens is 1. The highest BCUT2D eigenvalue weighted by Gasteiger charge is 2.09. The quantitative estimate of drug-likeness (QED) is 0.792. The number of anilines is 1. The molecule has 6 heteroatoms. The van der Waals surface area contributed by atoms with Gasteiger partial charge in [0.15, 0.2) is 5.65 Å². The summed E-state index contributed by atoms with van der Waals surface area (Å²) in [4.78, 5) is 9.82. The first-order valence-electron chi connectivity index (χ1n) is 5.03. The number of hydrogen-bond donors (Lipinski definition) is 1. The molecule has 3 rings (SSSR count). The summed E-state index contributed by atoms with van der Waals surface area (Å²) < 4.78 is 3.02. The van der Waals surface area contributed by atoms with Crippen molar-refractivity contribution >= 4 is 44.4 Å². The molecule has 0 unspecified atom stereocenters. The van der Waals surface area contributed by atoms with Crippen LogP contribution in [-0.4, -0.2) is 14.5 Å². The van der Waals surface area contributed by atoms with Crippen molar-refractivity contribution in [1.29, 1.82) is 0 Å². The Morgan fingerprint density at radius 2 is 2.35 bits per heavy atom. The fourth-order valence-corrected chi connectivity index (χ4v) is 3.16. The van der Waals surface area contributed by atoms with Gasteiger partial charge in [-0.25, -0.2) is 9.97 Å². The summed E-state index contributed by atoms with van der Waals surface area (Å²) in [5, 5.41) is 2.05. The van der Waals surface area contributed by atoms with E-state index < -0.39 is 0 Å². The van der Waals surface area contributed by atoms with E-state index in [-0.39, 0.29) is 0 Å². The van der Waals surface area contributed by atoms with Gasteiger partial charge in [-0.15, -0.1) is 11.3 Å². The molecule has 0 aliphatic rings. The number of imidazole rings is 1. The number of nitrogens with zero attached hydrogens (tertiary/aromatic N) is 3. The zero-order valence-electron chi connectivity index (χ0n) is 8.80. The Morgan fingerprint density at radius 3 is 3.12 bits per heavy atom. The van der Waals surface area contributed by atoms with Crippen molar-refractivity contribution in [2.45, 2.75) is 6.54 Å². The minimum absolute atomic E-state index is 0.503. The average molecular weight is 309 g/mol. The van der Waals surface area contributed by atoms with Crippen molar-refractivity contribution in [2.75, 3.05) is 5.73 Å². The predicted octanol–water partition coefficient (Wildman–Crippen LogP) is 2.89. The third-order valence-corrected chi connectivity index (χ3v) is 4.15. The van der Waals surface area contributed by atoms with Crippen LogP contribution in [0.15, 0.2) is 34.2 Å². The molecule has 0 atom stereocenters. The zero-order valence-corrected chi connectivity index (χ0v) is 11.2. The van der Waals surface area contributed by atoms with Gasteiger partial charge in [0, 0.05) is 20.9 Å². The van der Waals surface area contributed by atoms with Crippen molar-refractivity contribution in [3.63, 3.8) is 0 Å². The number of pyridine rings is 1. The first kappa shape index (κ1) is 10.7. The van der Waals surface area contributed by atoms with Crippen molar-refractivity contribution in [2.24, 2.45) is 0 Å². The molecular formula is C11H9BrN4S. The second-order valence-electron chi connectivity index (χ2n) is 3.63. The summed E-state index contributed by atoms with van der Waals surface area (Å²) in [5.74, 6) is 0.503. The van der Waals surface area contributed by atoms with Crippen molar-refractivity contribution < 1.29 is 0 Å². The van der Waals surface area contributed by atoms with Crippen LogP contribution in [0.2, 0.25) is 0 Å². The molecule has 17 heavy (non-hydrogen) atoms. The van der Waals surface area contributed by atoms with E-state index in [9.17, 15) is 0 Å². The fraction of sp³-hybridized carbons (Fsp3) is 0.0909. The highest BCUT2D eigenvalue weighted by atomic mass is 79.9. The Labute approximate surface area is 110 Å². The molecule has 0 saturated heterocycles. The molecule has 0 aliphatic heterocycles. The SMILES string of the molecule is Nc1nc2cccnc2n1Cc1cc(Br)cs1. The summed E-state index contributed by atoms with van der Waals surface area (Å²) in [6.07, 6.45) is 1.75. The van der Waals surface area contributed by atoms with E-state index in [1.807, 2.05) is 16.7 Å². The van der Waals surface area contributed by atoms with Gasteiger partial charge in [0.2, 0.25) is 5.95 Å². The zero-order chi connectivity index (χ0) is 11.8. The molecule has 3 aromatic heterocycles. The van der Waals surface area contributed by atoms with Gasteiger partial charge in [-0.1, -0.05) is 0 Å². The van der Waals surface area contributed by atoms with Crippen LogP contribution >= 0.6 is 27.3 Å². The summed E-state index contributed by atoms with van der Waals surface area (Å²) in [6.45, 7) is 0.704. The van der Waals surface area contributed by atoms with Crippen LogP contribution in [0, 0.1) is 0 Å². The Morgan fingerprint density at radius 1 is 1.47 bits per heavy atom. The molecule has 0 aliphatic carbocycles. The third-order valence-electron chi connectivity index (χ3n) is 2.47. The number of rotatable bonds is 2. The molecule has 3 heterocycles. The van der Waals surface area contributed by atoms with Gasteiger partial charge in [0.1, 0.15) is 5.52 Å². The lowest BCUT2D eigenvalue weighted by Crippen LogP contribution is -2.04. The van der Waals surface area contributed by atoms with E-state index in [1.54, 1.807) is 17.5 Å². The lowest BCUT2D eigenvalue weighted by molar-refractivity contribution is 0.841. The van der Waals surface area contributed by atoms with E-state index in [2.05, 4.69) is 37.3 Å². The van der Waals surface area contributed by atoms with Gasteiger partial charge < -0.3 is 5.73 Å². The molecule has 0 saturated carbocycles. The maximum absolute atomic E-state index is 5.91. The second-order valence-corrected chi connectivity index (χ2v) is 5.54. The molecule has 0 radical (unpaired) electrons. The van der Waals surface area contributed by atoms with E-state index in [0.29, 0.717) is 12.5 Å². The average Bonchev–Trinajstić information content (AvgIpc) is 2.85. The molecule has 0 spiro atoms. The Bertz CT molecular complexity index is 673. The van der Waals surface area contributed by atoms with Crippen LogP contribution in [0.5, 0.6) is 0 Å². The molecule has 4 nitrogen and oxygen atoms in total. The Balaban J connectivity index is 2.08. The largest absolute Gasteiger partial charge is 0.369 e. The highest BCUT2D eigenvalue weighted by molar-refractivity contribution is 9.10. The Kier molecular flexibility index (Phi) is 2.60. The highest BCUT2D eigenvalue weighted by Crippen LogP contribution is 2.23. The molecule has 2 N–H and O–H groups in total. The van der Waals surface area contributed by atoms with Crippen molar-refractivity contribution in [3.8, 4) is 0 Å². The van der Waals surface area contributed by atoms with Crippen LogP contribution in [-0.2, 0) is 6.54 Å². The number of fused-ring (bicyclic) bond motifs is 1. The number of aromatic nitrogens is 3. The second kappa shape index (κ2) is 4.12. The van der Waals surface area contributed by atoms with Gasteiger partial charge >= 0.3 is 0 Å². The maximum atomic E-state index is 5.91. The molecule has 86 valence electrons. The summed E-state index contributed by atoms with van der Waals surface area (Å²) >= 11 is 5.13. The van der Waals surface area contributed by atoms with Crippen LogP contribution in [0.3, 0.4) is 0 Å². The number of thiophene rings is 1. The number of nitrogens with two attached hydrogens (primary N) is 1. The maximum Gasteiger partial charge on any atom is 0.202 e. The molecule has 0 amide bonds. The first-order valence-corrected chi connectivity index (χ1v) is 6.71. The van der Waals surface area contributed by atoms with Gasteiger partial charge in [-0.3, -0.25) is 4.57 Å². The fourth-order valence-electron chi connectivity index (χ4n) is 1.72.